The van der Waals surface area contributed by atoms with Crippen LogP contribution in [0.25, 0.3) is 5.70 Å². The highest BCUT2D eigenvalue weighted by molar-refractivity contribution is 9.10. The summed E-state index contributed by atoms with van der Waals surface area (Å²) >= 11 is 9.95. The first-order chi connectivity index (χ1) is 16.5. The molecule has 4 aromatic rings. The minimum Gasteiger partial charge on any atom is -0.496 e. The van der Waals surface area contributed by atoms with Crippen LogP contribution in [-0.4, -0.2) is 21.9 Å². The van der Waals surface area contributed by atoms with Crippen molar-refractivity contribution in [3.8, 4) is 11.5 Å². The Morgan fingerprint density at radius 3 is 2.74 bits per heavy atom. The van der Waals surface area contributed by atoms with Crippen molar-refractivity contribution in [3.05, 3.63) is 105 Å². The summed E-state index contributed by atoms with van der Waals surface area (Å²) in [5.41, 5.74) is 4.20. The van der Waals surface area contributed by atoms with Gasteiger partial charge in [0.05, 0.1) is 12.8 Å². The molecule has 2 aliphatic heterocycles. The second kappa shape index (κ2) is 8.14. The Labute approximate surface area is 208 Å². The van der Waals surface area contributed by atoms with Crippen molar-refractivity contribution in [2.75, 3.05) is 12.4 Å². The lowest BCUT2D eigenvalue weighted by molar-refractivity contribution is 0.217. The Bertz CT molecular complexity index is 1450. The number of hydrogen-bond acceptors (Lipinski definition) is 5. The third-order valence-electron chi connectivity index (χ3n) is 6.04. The molecule has 0 aliphatic carbocycles. The average Bonchev–Trinajstić information content (AvgIpc) is 3.31. The Morgan fingerprint density at radius 2 is 1.94 bits per heavy atom. The molecule has 2 aliphatic rings. The van der Waals surface area contributed by atoms with E-state index in [1.54, 1.807) is 30.0 Å². The van der Waals surface area contributed by atoms with Gasteiger partial charge >= 0.3 is 0 Å². The summed E-state index contributed by atoms with van der Waals surface area (Å²) in [6.45, 7) is 0. The predicted molar refractivity (Wildman–Crippen MR) is 131 cm³/mol. The first kappa shape index (κ1) is 21.2. The van der Waals surface area contributed by atoms with Crippen molar-refractivity contribution in [3.63, 3.8) is 0 Å². The lowest BCUT2D eigenvalue weighted by Gasteiger charge is -2.39. The topological polar surface area (TPSA) is 61.2 Å². The number of fused-ring (bicyclic) bond motifs is 3. The fourth-order valence-corrected chi connectivity index (χ4v) is 5.13. The van der Waals surface area contributed by atoms with E-state index in [2.05, 4.69) is 31.3 Å². The van der Waals surface area contributed by atoms with E-state index < -0.39 is 12.1 Å². The van der Waals surface area contributed by atoms with Gasteiger partial charge in [-0.15, -0.1) is 0 Å². The van der Waals surface area contributed by atoms with Gasteiger partial charge in [-0.25, -0.2) is 9.07 Å². The molecule has 1 aromatic heterocycles. The van der Waals surface area contributed by atoms with Gasteiger partial charge < -0.3 is 14.8 Å². The largest absolute Gasteiger partial charge is 0.496 e. The zero-order valence-electron chi connectivity index (χ0n) is 17.8. The third-order valence-corrected chi connectivity index (χ3v) is 6.76. The number of methoxy groups -OCH3 is 1. The maximum absolute atomic E-state index is 13.8. The quantitative estimate of drug-likeness (QED) is 0.326. The number of ether oxygens (including phenoxy) is 2. The van der Waals surface area contributed by atoms with Crippen LogP contribution >= 0.6 is 27.5 Å². The second-order valence-corrected chi connectivity index (χ2v) is 9.31. The van der Waals surface area contributed by atoms with Crippen LogP contribution in [0.3, 0.4) is 0 Å². The van der Waals surface area contributed by atoms with Crippen LogP contribution < -0.4 is 14.8 Å². The van der Waals surface area contributed by atoms with E-state index in [4.69, 9.17) is 21.1 Å². The molecule has 0 saturated heterocycles. The smallest absolute Gasteiger partial charge is 0.226 e. The summed E-state index contributed by atoms with van der Waals surface area (Å²) in [5.74, 6) is 1.61. The number of nitrogens with zero attached hydrogens (tertiary/aromatic N) is 3. The molecule has 0 unspecified atom stereocenters. The number of anilines is 1. The Balaban J connectivity index is 1.66. The van der Waals surface area contributed by atoms with Gasteiger partial charge in [0.15, 0.2) is 6.10 Å². The maximum atomic E-state index is 13.8. The molecule has 2 atom stereocenters. The predicted octanol–water partition coefficient (Wildman–Crippen LogP) is 6.40. The van der Waals surface area contributed by atoms with E-state index >= 15 is 0 Å². The third kappa shape index (κ3) is 3.36. The van der Waals surface area contributed by atoms with Crippen molar-refractivity contribution < 1.29 is 13.9 Å². The zero-order chi connectivity index (χ0) is 23.4. The maximum Gasteiger partial charge on any atom is 0.226 e. The molecule has 3 aromatic carbocycles. The molecule has 0 radical (unpaired) electrons. The number of benzene rings is 3. The molecule has 9 heteroatoms. The summed E-state index contributed by atoms with van der Waals surface area (Å²) < 4.78 is 28.8. The van der Waals surface area contributed by atoms with Gasteiger partial charge in [-0.3, -0.25) is 0 Å². The number of rotatable bonds is 3. The van der Waals surface area contributed by atoms with E-state index in [1.807, 2.05) is 30.3 Å². The minimum absolute atomic E-state index is 0.312. The molecule has 0 amide bonds. The van der Waals surface area contributed by atoms with Gasteiger partial charge in [-0.2, -0.15) is 10.1 Å². The standard InChI is InChI=1S/C25H17BrClFN4O2/c1-33-19-8-4-14(26)10-18(19)24-21-22(17-11-15(27)5-9-20(17)34-24)31-25-29-12-30-32(25)23(21)13-2-6-16(28)7-3-13/h2-12,23-24H,1H3,(H,29,30,31)/t23-,24+/m1/s1. The first-order valence-electron chi connectivity index (χ1n) is 10.5. The Hall–Kier alpha value is -3.36. The number of nitrogens with one attached hydrogen (secondary N) is 1. The number of aromatic nitrogens is 3. The molecular formula is C25H17BrClFN4O2. The SMILES string of the molecule is COc1ccc(Br)cc1[C@@H]1Oc2ccc(Cl)cc2C2=C1[C@@H](c1ccc(F)cc1)n1ncnc1N2. The van der Waals surface area contributed by atoms with Gasteiger partial charge in [-0.05, 0) is 54.1 Å². The van der Waals surface area contributed by atoms with Crippen molar-refractivity contribution in [2.45, 2.75) is 12.1 Å². The van der Waals surface area contributed by atoms with Crippen molar-refractivity contribution in [1.29, 1.82) is 0 Å². The van der Waals surface area contributed by atoms with Gasteiger partial charge in [0.25, 0.3) is 0 Å². The molecule has 0 bridgehead atoms. The summed E-state index contributed by atoms with van der Waals surface area (Å²) in [5, 5.41) is 8.50. The van der Waals surface area contributed by atoms with E-state index in [-0.39, 0.29) is 5.82 Å². The van der Waals surface area contributed by atoms with Gasteiger partial charge in [0.2, 0.25) is 5.95 Å². The lowest BCUT2D eigenvalue weighted by Crippen LogP contribution is -2.32. The van der Waals surface area contributed by atoms with Crippen molar-refractivity contribution in [2.24, 2.45) is 0 Å². The Morgan fingerprint density at radius 1 is 1.12 bits per heavy atom. The van der Waals surface area contributed by atoms with Crippen molar-refractivity contribution >= 4 is 39.2 Å². The summed E-state index contributed by atoms with van der Waals surface area (Å²) in [6.07, 6.45) is 0.960. The number of halogens is 3. The van der Waals surface area contributed by atoms with E-state index in [9.17, 15) is 4.39 Å². The van der Waals surface area contributed by atoms with E-state index in [1.165, 1.54) is 18.5 Å². The van der Waals surface area contributed by atoms with Crippen LogP contribution in [0.2, 0.25) is 5.02 Å². The monoisotopic (exact) mass is 538 g/mol. The highest BCUT2D eigenvalue weighted by Gasteiger charge is 2.42. The molecule has 1 N–H and O–H groups in total. The highest BCUT2D eigenvalue weighted by atomic mass is 79.9. The summed E-state index contributed by atoms with van der Waals surface area (Å²) in [7, 11) is 1.63. The Kier molecular flexibility index (Phi) is 5.08. The molecule has 0 spiro atoms. The molecule has 6 nitrogen and oxygen atoms in total. The highest BCUT2D eigenvalue weighted by Crippen LogP contribution is 2.52. The van der Waals surface area contributed by atoms with Crippen LogP contribution in [-0.2, 0) is 0 Å². The lowest BCUT2D eigenvalue weighted by atomic mass is 9.84. The van der Waals surface area contributed by atoms with E-state index in [0.717, 1.165) is 32.4 Å². The molecule has 6 rings (SSSR count). The van der Waals surface area contributed by atoms with Gasteiger partial charge in [0.1, 0.15) is 29.7 Å². The van der Waals surface area contributed by atoms with Crippen LogP contribution in [0.15, 0.2) is 77.0 Å². The molecular weight excluding hydrogens is 523 g/mol. The number of hydrogen-bond donors (Lipinski definition) is 1. The normalized spacial score (nSPS) is 18.4. The molecule has 0 fully saturated rings. The molecule has 3 heterocycles. The van der Waals surface area contributed by atoms with Crippen LogP contribution in [0.4, 0.5) is 10.3 Å². The van der Waals surface area contributed by atoms with Gasteiger partial charge in [0, 0.05) is 26.2 Å². The van der Waals surface area contributed by atoms with Gasteiger partial charge in [-0.1, -0.05) is 39.7 Å². The molecule has 34 heavy (non-hydrogen) atoms. The van der Waals surface area contributed by atoms with Crippen molar-refractivity contribution in [1.82, 2.24) is 14.8 Å². The fraction of sp³-hybridized carbons (Fsp3) is 0.120. The summed E-state index contributed by atoms with van der Waals surface area (Å²) in [6, 6.07) is 17.3. The van der Waals surface area contributed by atoms with Crippen LogP contribution in [0, 0.1) is 5.82 Å². The fourth-order valence-electron chi connectivity index (χ4n) is 4.58. The summed E-state index contributed by atoms with van der Waals surface area (Å²) in [4.78, 5) is 4.41. The molecule has 170 valence electrons. The van der Waals surface area contributed by atoms with Crippen LogP contribution in [0.1, 0.15) is 28.8 Å². The minimum atomic E-state index is -0.531. The second-order valence-electron chi connectivity index (χ2n) is 7.96. The first-order valence-corrected chi connectivity index (χ1v) is 11.7. The average molecular weight is 540 g/mol. The van der Waals surface area contributed by atoms with E-state index in [0.29, 0.717) is 22.5 Å². The van der Waals surface area contributed by atoms with Crippen LogP contribution in [0.5, 0.6) is 11.5 Å². The molecule has 0 saturated carbocycles. The zero-order valence-corrected chi connectivity index (χ0v) is 20.1.